The Balaban J connectivity index is 2.28. The van der Waals surface area contributed by atoms with E-state index in [1.807, 2.05) is 0 Å². The van der Waals surface area contributed by atoms with E-state index < -0.39 is 17.6 Å². The number of amides is 1. The van der Waals surface area contributed by atoms with Gasteiger partial charge in [-0.1, -0.05) is 38.1 Å². The fourth-order valence-corrected chi connectivity index (χ4v) is 2.83. The molecule has 0 saturated carbocycles. The van der Waals surface area contributed by atoms with Crippen LogP contribution in [0.5, 0.6) is 0 Å². The third-order valence-electron chi connectivity index (χ3n) is 3.99. The first-order valence-electron chi connectivity index (χ1n) is 7.74. The van der Waals surface area contributed by atoms with E-state index in [-0.39, 0.29) is 18.0 Å². The summed E-state index contributed by atoms with van der Waals surface area (Å²) in [4.78, 5) is 11.8. The van der Waals surface area contributed by atoms with Crippen LogP contribution >= 0.6 is 0 Å². The number of nitrogens with zero attached hydrogens (tertiary/aromatic N) is 1. The molecule has 1 saturated heterocycles. The van der Waals surface area contributed by atoms with Gasteiger partial charge in [-0.25, -0.2) is 5.01 Å². The van der Waals surface area contributed by atoms with E-state index in [9.17, 15) is 18.0 Å². The van der Waals surface area contributed by atoms with E-state index in [2.05, 4.69) is 19.3 Å². The molecule has 1 N–H and O–H groups in total. The maximum absolute atomic E-state index is 13.6. The maximum Gasteiger partial charge on any atom is 0.409 e. The minimum Gasteiger partial charge on any atom is -0.287 e. The molecule has 1 fully saturated rings. The van der Waals surface area contributed by atoms with Crippen molar-refractivity contribution < 1.29 is 18.0 Å². The molecule has 0 radical (unpaired) electrons. The Kier molecular flexibility index (Phi) is 4.76. The van der Waals surface area contributed by atoms with Crippen molar-refractivity contribution in [2.24, 2.45) is 11.3 Å². The summed E-state index contributed by atoms with van der Waals surface area (Å²) in [6.07, 6.45) is -3.64. The minimum atomic E-state index is -4.47. The molecule has 1 aliphatic heterocycles. The number of rotatable bonds is 4. The average molecular weight is 328 g/mol. The predicted molar refractivity (Wildman–Crippen MR) is 82.4 cm³/mol. The Bertz CT molecular complexity index is 564. The Labute approximate surface area is 134 Å². The lowest BCUT2D eigenvalue weighted by molar-refractivity contribution is -0.191. The molecule has 0 aromatic heterocycles. The van der Waals surface area contributed by atoms with Gasteiger partial charge in [-0.05, 0) is 37.3 Å². The van der Waals surface area contributed by atoms with Crippen molar-refractivity contribution in [3.63, 3.8) is 0 Å². The first-order chi connectivity index (χ1) is 10.5. The lowest BCUT2D eigenvalue weighted by atomic mass is 9.93. The summed E-state index contributed by atoms with van der Waals surface area (Å²) >= 11 is 0. The van der Waals surface area contributed by atoms with Gasteiger partial charge >= 0.3 is 6.18 Å². The predicted octanol–water partition coefficient (Wildman–Crippen LogP) is 3.86. The number of hydrazine groups is 1. The molecule has 1 amide bonds. The SMILES string of the molecule is CC(C)Cc1ccc(C(N2CC(C)(C)C(=O)N2)C(F)(F)F)cc1. The number of hydrogen-bond acceptors (Lipinski definition) is 2. The highest BCUT2D eigenvalue weighted by Gasteiger charge is 2.51. The van der Waals surface area contributed by atoms with Crippen LogP contribution in [0.15, 0.2) is 24.3 Å². The second-order valence-electron chi connectivity index (χ2n) is 7.24. The molecule has 128 valence electrons. The average Bonchev–Trinajstić information content (AvgIpc) is 2.63. The second-order valence-corrected chi connectivity index (χ2v) is 7.24. The van der Waals surface area contributed by atoms with Crippen LogP contribution in [0.1, 0.15) is 44.9 Å². The topological polar surface area (TPSA) is 32.3 Å². The van der Waals surface area contributed by atoms with Crippen LogP contribution < -0.4 is 5.43 Å². The minimum absolute atomic E-state index is 0.0176. The molecular weight excluding hydrogens is 305 g/mol. The summed E-state index contributed by atoms with van der Waals surface area (Å²) in [6, 6.07) is 4.65. The normalized spacial score (nSPS) is 19.9. The van der Waals surface area contributed by atoms with Gasteiger partial charge < -0.3 is 0 Å². The van der Waals surface area contributed by atoms with E-state index in [0.29, 0.717) is 5.92 Å². The van der Waals surface area contributed by atoms with E-state index in [0.717, 1.165) is 17.0 Å². The molecule has 1 aromatic rings. The highest BCUT2D eigenvalue weighted by atomic mass is 19.4. The Morgan fingerprint density at radius 1 is 1.22 bits per heavy atom. The van der Waals surface area contributed by atoms with Gasteiger partial charge in [-0.2, -0.15) is 13.2 Å². The van der Waals surface area contributed by atoms with Crippen LogP contribution in [-0.4, -0.2) is 23.6 Å². The number of nitrogens with one attached hydrogen (secondary N) is 1. The van der Waals surface area contributed by atoms with Crippen molar-refractivity contribution in [2.75, 3.05) is 6.54 Å². The third-order valence-corrected chi connectivity index (χ3v) is 3.99. The maximum atomic E-state index is 13.6. The van der Waals surface area contributed by atoms with Crippen molar-refractivity contribution >= 4 is 5.91 Å². The van der Waals surface area contributed by atoms with Crippen LogP contribution in [-0.2, 0) is 11.2 Å². The molecule has 1 aromatic carbocycles. The summed E-state index contributed by atoms with van der Waals surface area (Å²) in [6.45, 7) is 7.43. The zero-order valence-corrected chi connectivity index (χ0v) is 13.9. The van der Waals surface area contributed by atoms with Gasteiger partial charge in [-0.15, -0.1) is 0 Å². The number of carbonyl (C=O) groups excluding carboxylic acids is 1. The zero-order chi connectivity index (χ0) is 17.4. The number of halogens is 3. The molecule has 0 aliphatic carbocycles. The van der Waals surface area contributed by atoms with Crippen LogP contribution in [0.3, 0.4) is 0 Å². The van der Waals surface area contributed by atoms with Crippen LogP contribution in [0.4, 0.5) is 13.2 Å². The number of benzene rings is 1. The van der Waals surface area contributed by atoms with Gasteiger partial charge in [-0.3, -0.25) is 10.2 Å². The van der Waals surface area contributed by atoms with Gasteiger partial charge in [0.15, 0.2) is 0 Å². The van der Waals surface area contributed by atoms with E-state index in [1.54, 1.807) is 26.0 Å². The van der Waals surface area contributed by atoms with Gasteiger partial charge in [0.2, 0.25) is 5.91 Å². The quantitative estimate of drug-likeness (QED) is 0.910. The van der Waals surface area contributed by atoms with Gasteiger partial charge in [0.25, 0.3) is 0 Å². The van der Waals surface area contributed by atoms with Gasteiger partial charge in [0.05, 0.1) is 5.41 Å². The fraction of sp³-hybridized carbons (Fsp3) is 0.588. The van der Waals surface area contributed by atoms with Crippen LogP contribution in [0, 0.1) is 11.3 Å². The summed E-state index contributed by atoms with van der Waals surface area (Å²) < 4.78 is 40.7. The molecule has 2 rings (SSSR count). The molecule has 3 nitrogen and oxygen atoms in total. The van der Waals surface area contributed by atoms with Crippen molar-refractivity contribution in [1.82, 2.24) is 10.4 Å². The smallest absolute Gasteiger partial charge is 0.287 e. The summed E-state index contributed by atoms with van der Waals surface area (Å²) in [5, 5.41) is 1.000. The first-order valence-corrected chi connectivity index (χ1v) is 7.74. The lowest BCUT2D eigenvalue weighted by Gasteiger charge is -2.30. The van der Waals surface area contributed by atoms with Gasteiger partial charge in [0.1, 0.15) is 6.04 Å². The Hall–Kier alpha value is -1.56. The highest BCUT2D eigenvalue weighted by molar-refractivity contribution is 5.83. The first kappa shape index (κ1) is 17.8. The van der Waals surface area contributed by atoms with E-state index in [1.165, 1.54) is 12.1 Å². The molecule has 1 heterocycles. The second kappa shape index (κ2) is 6.15. The van der Waals surface area contributed by atoms with Crippen molar-refractivity contribution in [2.45, 2.75) is 46.3 Å². The van der Waals surface area contributed by atoms with Gasteiger partial charge in [0, 0.05) is 6.54 Å². The Morgan fingerprint density at radius 2 is 1.78 bits per heavy atom. The monoisotopic (exact) mass is 328 g/mol. The number of carbonyl (C=O) groups is 1. The van der Waals surface area contributed by atoms with E-state index >= 15 is 0 Å². The fourth-order valence-electron chi connectivity index (χ4n) is 2.83. The molecule has 23 heavy (non-hydrogen) atoms. The summed E-state index contributed by atoms with van der Waals surface area (Å²) in [7, 11) is 0. The summed E-state index contributed by atoms with van der Waals surface area (Å²) in [5.41, 5.74) is 2.69. The molecule has 1 unspecified atom stereocenters. The molecule has 0 spiro atoms. The lowest BCUT2D eigenvalue weighted by Crippen LogP contribution is -2.43. The standard InChI is InChI=1S/C17H23F3N2O/c1-11(2)9-12-5-7-13(8-6-12)14(17(18,19)20)22-10-16(3,4)15(23)21-22/h5-8,11,14H,9-10H2,1-4H3,(H,21,23). The van der Waals surface area contributed by atoms with E-state index in [4.69, 9.17) is 0 Å². The molecule has 1 atom stereocenters. The third kappa shape index (κ3) is 4.05. The molecule has 0 bridgehead atoms. The molecule has 6 heteroatoms. The van der Waals surface area contributed by atoms with Crippen LogP contribution in [0.2, 0.25) is 0 Å². The van der Waals surface area contributed by atoms with Crippen LogP contribution in [0.25, 0.3) is 0 Å². The Morgan fingerprint density at radius 3 is 2.17 bits per heavy atom. The highest BCUT2D eigenvalue weighted by Crippen LogP contribution is 2.40. The van der Waals surface area contributed by atoms with Crippen molar-refractivity contribution in [3.8, 4) is 0 Å². The zero-order valence-electron chi connectivity index (χ0n) is 13.9. The largest absolute Gasteiger partial charge is 0.409 e. The molecule has 1 aliphatic rings. The molecular formula is C17H23F3N2O. The summed E-state index contributed by atoms with van der Waals surface area (Å²) in [5.74, 6) is 0.0566. The number of hydrogen-bond donors (Lipinski definition) is 1. The van der Waals surface area contributed by atoms with Crippen molar-refractivity contribution in [1.29, 1.82) is 0 Å². The van der Waals surface area contributed by atoms with Crippen molar-refractivity contribution in [3.05, 3.63) is 35.4 Å². The number of alkyl halides is 3.